The van der Waals surface area contributed by atoms with E-state index in [4.69, 9.17) is 0 Å². The van der Waals surface area contributed by atoms with E-state index in [2.05, 4.69) is 67.9 Å². The van der Waals surface area contributed by atoms with Gasteiger partial charge >= 0.3 is 0 Å². The molecule has 5 heteroatoms. The van der Waals surface area contributed by atoms with Crippen LogP contribution in [0.1, 0.15) is 56.7 Å². The SMILES string of the molecule is CCn1cc(C(C)Nc2c(C)nn(C(C)C)c2C)cn1. The first-order valence-corrected chi connectivity index (χ1v) is 7.28. The monoisotopic (exact) mass is 275 g/mol. The fourth-order valence-electron chi connectivity index (χ4n) is 2.45. The lowest BCUT2D eigenvalue weighted by atomic mass is 10.1. The summed E-state index contributed by atoms with van der Waals surface area (Å²) in [6.07, 6.45) is 4.02. The van der Waals surface area contributed by atoms with Crippen molar-refractivity contribution in [2.24, 2.45) is 0 Å². The van der Waals surface area contributed by atoms with Gasteiger partial charge in [-0.1, -0.05) is 0 Å². The molecule has 110 valence electrons. The van der Waals surface area contributed by atoms with Crippen molar-refractivity contribution in [3.63, 3.8) is 0 Å². The minimum atomic E-state index is 0.220. The van der Waals surface area contributed by atoms with Crippen molar-refractivity contribution in [1.29, 1.82) is 0 Å². The fraction of sp³-hybridized carbons (Fsp3) is 0.600. The van der Waals surface area contributed by atoms with Gasteiger partial charge in [-0.15, -0.1) is 0 Å². The molecule has 20 heavy (non-hydrogen) atoms. The second-order valence-electron chi connectivity index (χ2n) is 5.58. The lowest BCUT2D eigenvalue weighted by Crippen LogP contribution is -2.09. The summed E-state index contributed by atoms with van der Waals surface area (Å²) in [5.74, 6) is 0. The molecule has 2 heterocycles. The van der Waals surface area contributed by atoms with Crippen molar-refractivity contribution in [2.75, 3.05) is 5.32 Å². The smallest absolute Gasteiger partial charge is 0.0828 e. The molecule has 1 atom stereocenters. The highest BCUT2D eigenvalue weighted by Gasteiger charge is 2.16. The minimum absolute atomic E-state index is 0.220. The molecular formula is C15H25N5. The Kier molecular flexibility index (Phi) is 4.16. The molecule has 0 bridgehead atoms. The number of nitrogens with zero attached hydrogens (tertiary/aromatic N) is 4. The minimum Gasteiger partial charge on any atom is -0.375 e. The summed E-state index contributed by atoms with van der Waals surface area (Å²) in [5, 5.41) is 12.5. The molecule has 0 fully saturated rings. The molecule has 5 nitrogen and oxygen atoms in total. The van der Waals surface area contributed by atoms with Crippen LogP contribution in [-0.2, 0) is 6.54 Å². The van der Waals surface area contributed by atoms with Gasteiger partial charge < -0.3 is 5.32 Å². The second-order valence-corrected chi connectivity index (χ2v) is 5.58. The van der Waals surface area contributed by atoms with Gasteiger partial charge in [0.25, 0.3) is 0 Å². The van der Waals surface area contributed by atoms with Crippen LogP contribution in [0.3, 0.4) is 0 Å². The van der Waals surface area contributed by atoms with E-state index in [0.717, 1.165) is 17.9 Å². The lowest BCUT2D eigenvalue weighted by Gasteiger charge is -2.15. The standard InChI is InChI=1S/C15H25N5/c1-7-19-9-14(8-16-19)11(4)17-15-12(5)18-20(10(2)3)13(15)6/h8-11,17H,7H2,1-6H3. The van der Waals surface area contributed by atoms with Crippen molar-refractivity contribution in [1.82, 2.24) is 19.6 Å². The molecule has 0 aliphatic rings. The van der Waals surface area contributed by atoms with E-state index in [1.54, 1.807) is 0 Å². The van der Waals surface area contributed by atoms with Crippen molar-refractivity contribution < 1.29 is 0 Å². The summed E-state index contributed by atoms with van der Waals surface area (Å²) < 4.78 is 4.02. The van der Waals surface area contributed by atoms with Crippen molar-refractivity contribution in [3.8, 4) is 0 Å². The zero-order chi connectivity index (χ0) is 14.9. The molecule has 0 amide bonds. The summed E-state index contributed by atoms with van der Waals surface area (Å²) in [6, 6.07) is 0.597. The molecule has 0 spiro atoms. The Morgan fingerprint density at radius 3 is 2.45 bits per heavy atom. The van der Waals surface area contributed by atoms with E-state index in [-0.39, 0.29) is 6.04 Å². The average Bonchev–Trinajstić information content (AvgIpc) is 2.98. The first kappa shape index (κ1) is 14.6. The number of hydrogen-bond donors (Lipinski definition) is 1. The molecule has 0 aromatic carbocycles. The maximum absolute atomic E-state index is 4.61. The predicted molar refractivity (Wildman–Crippen MR) is 82.0 cm³/mol. The Bertz CT molecular complexity index is 579. The van der Waals surface area contributed by atoms with Crippen molar-refractivity contribution in [2.45, 2.75) is 60.2 Å². The molecule has 0 radical (unpaired) electrons. The first-order chi connectivity index (χ1) is 9.43. The quantitative estimate of drug-likeness (QED) is 0.909. The van der Waals surface area contributed by atoms with Crippen LogP contribution < -0.4 is 5.32 Å². The second kappa shape index (κ2) is 5.69. The van der Waals surface area contributed by atoms with Crippen LogP contribution in [0.25, 0.3) is 0 Å². The van der Waals surface area contributed by atoms with E-state index in [0.29, 0.717) is 6.04 Å². The fourth-order valence-corrected chi connectivity index (χ4v) is 2.45. The Morgan fingerprint density at radius 1 is 1.25 bits per heavy atom. The van der Waals surface area contributed by atoms with Gasteiger partial charge in [-0.3, -0.25) is 9.36 Å². The van der Waals surface area contributed by atoms with E-state index < -0.39 is 0 Å². The number of aryl methyl sites for hydroxylation is 2. The van der Waals surface area contributed by atoms with Crippen LogP contribution in [0, 0.1) is 13.8 Å². The van der Waals surface area contributed by atoms with Crippen molar-refractivity contribution >= 4 is 5.69 Å². The van der Waals surface area contributed by atoms with Gasteiger partial charge in [0.2, 0.25) is 0 Å². The van der Waals surface area contributed by atoms with Crippen LogP contribution in [0.5, 0.6) is 0 Å². The van der Waals surface area contributed by atoms with Crippen molar-refractivity contribution in [3.05, 3.63) is 29.3 Å². The Morgan fingerprint density at radius 2 is 1.95 bits per heavy atom. The van der Waals surface area contributed by atoms with Crippen LogP contribution in [-0.4, -0.2) is 19.6 Å². The Balaban J connectivity index is 2.21. The maximum Gasteiger partial charge on any atom is 0.0828 e. The van der Waals surface area contributed by atoms with Gasteiger partial charge in [0.05, 0.1) is 29.3 Å². The van der Waals surface area contributed by atoms with Gasteiger partial charge in [-0.05, 0) is 41.5 Å². The summed E-state index contributed by atoms with van der Waals surface area (Å²) >= 11 is 0. The highest BCUT2D eigenvalue weighted by atomic mass is 15.3. The highest BCUT2D eigenvalue weighted by Crippen LogP contribution is 2.26. The van der Waals surface area contributed by atoms with Gasteiger partial charge in [-0.2, -0.15) is 10.2 Å². The van der Waals surface area contributed by atoms with Gasteiger partial charge in [-0.25, -0.2) is 0 Å². The molecule has 1 unspecified atom stereocenters. The molecular weight excluding hydrogens is 250 g/mol. The first-order valence-electron chi connectivity index (χ1n) is 7.28. The molecule has 2 rings (SSSR count). The van der Waals surface area contributed by atoms with Crippen LogP contribution in [0.2, 0.25) is 0 Å². The van der Waals surface area contributed by atoms with Gasteiger partial charge in [0, 0.05) is 24.3 Å². The average molecular weight is 275 g/mol. The molecule has 0 saturated carbocycles. The molecule has 2 aromatic rings. The number of aromatic nitrogens is 4. The van der Waals surface area contributed by atoms with Crippen LogP contribution >= 0.6 is 0 Å². The molecule has 0 aliphatic heterocycles. The summed E-state index contributed by atoms with van der Waals surface area (Å²) in [4.78, 5) is 0. The number of hydrogen-bond acceptors (Lipinski definition) is 3. The Labute approximate surface area is 121 Å². The Hall–Kier alpha value is -1.78. The van der Waals surface area contributed by atoms with E-state index in [1.807, 2.05) is 10.9 Å². The number of anilines is 1. The highest BCUT2D eigenvalue weighted by molar-refractivity contribution is 5.53. The van der Waals surface area contributed by atoms with E-state index in [1.165, 1.54) is 11.3 Å². The zero-order valence-corrected chi connectivity index (χ0v) is 13.3. The third-order valence-electron chi connectivity index (χ3n) is 3.65. The van der Waals surface area contributed by atoms with E-state index in [9.17, 15) is 0 Å². The lowest BCUT2D eigenvalue weighted by molar-refractivity contribution is 0.516. The van der Waals surface area contributed by atoms with Gasteiger partial charge in [0.1, 0.15) is 0 Å². The normalized spacial score (nSPS) is 12.9. The summed E-state index contributed by atoms with van der Waals surface area (Å²) in [7, 11) is 0. The van der Waals surface area contributed by atoms with Gasteiger partial charge in [0.15, 0.2) is 0 Å². The van der Waals surface area contributed by atoms with Crippen LogP contribution in [0.4, 0.5) is 5.69 Å². The zero-order valence-electron chi connectivity index (χ0n) is 13.3. The third kappa shape index (κ3) is 2.71. The topological polar surface area (TPSA) is 47.7 Å². The summed E-state index contributed by atoms with van der Waals surface area (Å²) in [5.41, 5.74) is 4.57. The van der Waals surface area contributed by atoms with E-state index >= 15 is 0 Å². The third-order valence-corrected chi connectivity index (χ3v) is 3.65. The summed E-state index contributed by atoms with van der Waals surface area (Å²) in [6.45, 7) is 13.6. The molecule has 2 aromatic heterocycles. The molecule has 0 saturated heterocycles. The largest absolute Gasteiger partial charge is 0.375 e. The number of nitrogens with one attached hydrogen (secondary N) is 1. The maximum atomic E-state index is 4.61. The number of rotatable bonds is 5. The molecule has 0 aliphatic carbocycles. The predicted octanol–water partition coefficient (Wildman–Crippen LogP) is 3.47. The molecule has 1 N–H and O–H groups in total. The van der Waals surface area contributed by atoms with Crippen LogP contribution in [0.15, 0.2) is 12.4 Å².